The molecule has 27 heteroatoms. The largest absolute Gasteiger partial charge is 0.391 e. The first kappa shape index (κ1) is 60.6. The molecular weight excluding hydrogens is 927 g/mol. The summed E-state index contributed by atoms with van der Waals surface area (Å²) in [6.45, 7) is 3.93. The van der Waals surface area contributed by atoms with E-state index >= 15 is 0 Å². The lowest BCUT2D eigenvalue weighted by Crippen LogP contribution is -2.61. The van der Waals surface area contributed by atoms with E-state index in [1.807, 2.05) is 0 Å². The number of rotatable bonds is 20. The molecular formula is C44H77N17O10. The molecule has 1 aromatic carbocycles. The van der Waals surface area contributed by atoms with Crippen LogP contribution in [0.3, 0.4) is 0 Å². The van der Waals surface area contributed by atoms with E-state index in [4.69, 9.17) is 40.1 Å². The molecule has 1 heterocycles. The highest BCUT2D eigenvalue weighted by Gasteiger charge is 2.36. The Labute approximate surface area is 413 Å². The summed E-state index contributed by atoms with van der Waals surface area (Å²) in [4.78, 5) is 129. The number of nitrogens with zero attached hydrogens (tertiary/aromatic N) is 1. The number of hydrogen-bond donors (Lipinski definition) is 17. The van der Waals surface area contributed by atoms with Gasteiger partial charge in [0, 0.05) is 13.0 Å². The first-order chi connectivity index (χ1) is 33.7. The minimum absolute atomic E-state index is 0.00169. The highest BCUT2D eigenvalue weighted by molar-refractivity contribution is 5.98. The second kappa shape index (κ2) is 31.7. The predicted octanol–water partition coefficient (Wildman–Crippen LogP) is -7.56. The second-order valence-electron chi connectivity index (χ2n) is 17.5. The summed E-state index contributed by atoms with van der Waals surface area (Å²) >= 11 is 0. The van der Waals surface area contributed by atoms with E-state index in [1.165, 1.54) is 6.92 Å². The van der Waals surface area contributed by atoms with E-state index in [9.17, 15) is 48.3 Å². The van der Waals surface area contributed by atoms with Gasteiger partial charge in [0.15, 0.2) is 5.96 Å². The van der Waals surface area contributed by atoms with Crippen molar-refractivity contribution < 1.29 is 48.3 Å². The fourth-order valence-corrected chi connectivity index (χ4v) is 7.38. The molecule has 398 valence electrons. The van der Waals surface area contributed by atoms with Crippen molar-refractivity contribution in [2.24, 2.45) is 51.0 Å². The van der Waals surface area contributed by atoms with Gasteiger partial charge in [-0.1, -0.05) is 44.2 Å². The zero-order valence-electron chi connectivity index (χ0n) is 40.7. The third-order valence-corrected chi connectivity index (χ3v) is 11.1. The molecule has 1 saturated heterocycles. The van der Waals surface area contributed by atoms with Gasteiger partial charge < -0.3 is 93.1 Å². The van der Waals surface area contributed by atoms with E-state index in [0.717, 1.165) is 0 Å². The van der Waals surface area contributed by atoms with Gasteiger partial charge >= 0.3 is 0 Å². The summed E-state index contributed by atoms with van der Waals surface area (Å²) in [6, 6.07) is -3.92. The summed E-state index contributed by atoms with van der Waals surface area (Å²) in [5, 5.41) is 33.8. The second-order valence-corrected chi connectivity index (χ2v) is 17.5. The van der Waals surface area contributed by atoms with Gasteiger partial charge in [0.1, 0.15) is 54.4 Å². The Balaban J connectivity index is 2.75. The molecule has 10 atom stereocenters. The molecule has 2 rings (SSSR count). The van der Waals surface area contributed by atoms with Crippen molar-refractivity contribution in [2.45, 2.75) is 133 Å². The number of amides is 9. The molecule has 0 bridgehead atoms. The van der Waals surface area contributed by atoms with Crippen LogP contribution in [0.25, 0.3) is 0 Å². The summed E-state index contributed by atoms with van der Waals surface area (Å²) in [6.07, 6.45) is -2.50. The smallest absolute Gasteiger partial charge is 0.245 e. The Morgan fingerprint density at radius 1 is 0.634 bits per heavy atom. The van der Waals surface area contributed by atoms with Crippen LogP contribution < -0.4 is 88.0 Å². The number of aliphatic imine (C=N–C) groups is 1. The van der Waals surface area contributed by atoms with E-state index in [1.54, 1.807) is 44.2 Å². The van der Waals surface area contributed by atoms with Gasteiger partial charge in [0.25, 0.3) is 0 Å². The van der Waals surface area contributed by atoms with E-state index < -0.39 is 126 Å². The molecule has 1 aliphatic rings. The van der Waals surface area contributed by atoms with Crippen molar-refractivity contribution in [2.75, 3.05) is 39.3 Å². The number of nitrogens with one attached hydrogen (secondary N) is 9. The van der Waals surface area contributed by atoms with E-state index in [-0.39, 0.29) is 90.0 Å². The lowest BCUT2D eigenvalue weighted by atomic mass is 10.00. The van der Waals surface area contributed by atoms with Crippen LogP contribution >= 0.6 is 0 Å². The maximum Gasteiger partial charge on any atom is 0.245 e. The standard InChI is InChI=1S/C44H77N17O10/c1-23(2)21-32-41(69)56-27(10-16-46)35(63)55-29(12-18-48)40(68)61-34(24(3)62)43(71)52-20-14-31(57-36(64)26(9-15-45)53-38(66)30(13-19-49)60-44(50)51)39(67)54-28(11-17-47)37(65)59-33(42(70)58-32)22-25-7-5-4-6-8-25/h4-8,23-24,26-34,62H,9-22,45-49H2,1-3H3,(H,52,71)(H,53,66)(H,54,67)(H,55,63)(H,56,69)(H,57,64)(H,58,70)(H,59,65)(H,61,68)(H4,50,51,60)/t24-,26+,27?,28+,29+,30+,31?,32?,33?,34+/m1/s1. The summed E-state index contributed by atoms with van der Waals surface area (Å²) in [7, 11) is 0. The Hall–Kier alpha value is -6.52. The summed E-state index contributed by atoms with van der Waals surface area (Å²) < 4.78 is 0. The Kier molecular flexibility index (Phi) is 27.0. The van der Waals surface area contributed by atoms with Crippen LogP contribution in [0.1, 0.15) is 71.3 Å². The predicted molar refractivity (Wildman–Crippen MR) is 262 cm³/mol. The van der Waals surface area contributed by atoms with E-state index in [2.05, 4.69) is 52.8 Å². The molecule has 1 aliphatic heterocycles. The van der Waals surface area contributed by atoms with Crippen molar-refractivity contribution in [1.29, 1.82) is 0 Å². The normalized spacial score (nSPS) is 23.7. The molecule has 1 aromatic rings. The molecule has 0 aromatic heterocycles. The zero-order valence-corrected chi connectivity index (χ0v) is 40.7. The van der Waals surface area contributed by atoms with Crippen LogP contribution in [0, 0.1) is 5.92 Å². The number of guanidine groups is 1. The molecule has 27 nitrogen and oxygen atoms in total. The number of aliphatic hydroxyl groups is 1. The molecule has 71 heavy (non-hydrogen) atoms. The molecule has 0 spiro atoms. The summed E-state index contributed by atoms with van der Waals surface area (Å²) in [5.41, 5.74) is 40.6. The minimum atomic E-state index is -1.64. The average molecular weight is 1000 g/mol. The molecule has 0 aliphatic carbocycles. The highest BCUT2D eigenvalue weighted by Crippen LogP contribution is 2.11. The third kappa shape index (κ3) is 21.2. The van der Waals surface area contributed by atoms with Crippen LogP contribution in [0.2, 0.25) is 0 Å². The van der Waals surface area contributed by atoms with Crippen molar-refractivity contribution >= 4 is 59.1 Å². The van der Waals surface area contributed by atoms with Crippen LogP contribution in [-0.4, -0.2) is 164 Å². The van der Waals surface area contributed by atoms with Crippen LogP contribution in [0.5, 0.6) is 0 Å². The van der Waals surface area contributed by atoms with Crippen molar-refractivity contribution in [1.82, 2.24) is 47.9 Å². The number of benzene rings is 1. The number of hydrogen-bond acceptors (Lipinski definition) is 16. The molecule has 0 radical (unpaired) electrons. The van der Waals surface area contributed by atoms with Crippen molar-refractivity contribution in [3.63, 3.8) is 0 Å². The first-order valence-electron chi connectivity index (χ1n) is 23.7. The fraction of sp³-hybridized carbons (Fsp3) is 0.636. The molecule has 24 N–H and O–H groups in total. The van der Waals surface area contributed by atoms with Crippen LogP contribution in [0.4, 0.5) is 0 Å². The first-order valence-corrected chi connectivity index (χ1v) is 23.7. The SMILES string of the molecule is CC(C)CC1NC(=O)C(Cc2ccccc2)NC(=O)[C@H](CCN)NC(=O)C(NC(=O)[C@H](CCN)NC(=O)[C@H](CCN)N=C(N)N)CCNC(=O)[C@H]([C@@H](C)O)NC(=O)[C@H](CCN)NC(=O)C(CCN)NC1=O. The monoisotopic (exact) mass is 1000 g/mol. The van der Waals surface area contributed by atoms with Crippen molar-refractivity contribution in [3.8, 4) is 0 Å². The van der Waals surface area contributed by atoms with Gasteiger partial charge in [-0.2, -0.15) is 0 Å². The molecule has 1 fully saturated rings. The minimum Gasteiger partial charge on any atom is -0.391 e. The quantitative estimate of drug-likeness (QED) is 0.0426. The summed E-state index contributed by atoms with van der Waals surface area (Å²) in [5.74, 6) is -8.44. The van der Waals surface area contributed by atoms with Gasteiger partial charge in [-0.15, -0.1) is 0 Å². The van der Waals surface area contributed by atoms with Crippen LogP contribution in [-0.2, 0) is 49.6 Å². The zero-order chi connectivity index (χ0) is 53.2. The van der Waals surface area contributed by atoms with Gasteiger partial charge in [-0.05, 0) is 96.1 Å². The average Bonchev–Trinajstić information content (AvgIpc) is 3.30. The molecule has 4 unspecified atom stereocenters. The Morgan fingerprint density at radius 2 is 1.11 bits per heavy atom. The number of carbonyl (C=O) groups excluding carboxylic acids is 9. The lowest BCUT2D eigenvalue weighted by Gasteiger charge is -2.28. The molecule has 9 amide bonds. The number of aliphatic hydroxyl groups excluding tert-OH is 1. The topological polar surface area (TPSA) is 477 Å². The number of nitrogens with two attached hydrogens (primary N) is 7. The van der Waals surface area contributed by atoms with Gasteiger partial charge in [0.2, 0.25) is 53.2 Å². The van der Waals surface area contributed by atoms with E-state index in [0.29, 0.717) is 5.56 Å². The fourth-order valence-electron chi connectivity index (χ4n) is 7.38. The number of carbonyl (C=O) groups is 9. The third-order valence-electron chi connectivity index (χ3n) is 11.1. The van der Waals surface area contributed by atoms with Crippen molar-refractivity contribution in [3.05, 3.63) is 35.9 Å². The van der Waals surface area contributed by atoms with Gasteiger partial charge in [0.05, 0.1) is 6.10 Å². The molecule has 0 saturated carbocycles. The van der Waals surface area contributed by atoms with Crippen LogP contribution in [0.15, 0.2) is 35.3 Å². The lowest BCUT2D eigenvalue weighted by molar-refractivity contribution is -0.136. The Bertz CT molecular complexity index is 1960. The van der Waals surface area contributed by atoms with Gasteiger partial charge in [-0.25, -0.2) is 4.99 Å². The Morgan fingerprint density at radius 3 is 1.61 bits per heavy atom. The van der Waals surface area contributed by atoms with Gasteiger partial charge in [-0.3, -0.25) is 43.2 Å². The maximum absolute atomic E-state index is 14.3. The highest BCUT2D eigenvalue weighted by atomic mass is 16.3. The maximum atomic E-state index is 14.3.